The van der Waals surface area contributed by atoms with Crippen molar-refractivity contribution < 1.29 is 0 Å². The first-order valence-corrected chi connectivity index (χ1v) is 9.55. The predicted molar refractivity (Wildman–Crippen MR) is 108 cm³/mol. The molecule has 1 aliphatic rings. The van der Waals surface area contributed by atoms with Gasteiger partial charge in [0.1, 0.15) is 5.82 Å². The van der Waals surface area contributed by atoms with Crippen molar-refractivity contribution in [2.75, 3.05) is 17.2 Å². The second-order valence-corrected chi connectivity index (χ2v) is 6.86. The summed E-state index contributed by atoms with van der Waals surface area (Å²) in [5, 5.41) is 6.95. The molecule has 0 bridgehead atoms. The average Bonchev–Trinajstić information content (AvgIpc) is 3.22. The van der Waals surface area contributed by atoms with Crippen LogP contribution >= 0.6 is 0 Å². The molecular formula is C21H24N6. The highest BCUT2D eigenvalue weighted by Gasteiger charge is 2.16. The molecule has 2 N–H and O–H groups in total. The Morgan fingerprint density at radius 1 is 0.963 bits per heavy atom. The molecule has 1 aliphatic carbocycles. The number of anilines is 2. The Bertz CT molecular complexity index is 847. The molecule has 27 heavy (non-hydrogen) atoms. The van der Waals surface area contributed by atoms with E-state index < -0.39 is 0 Å². The van der Waals surface area contributed by atoms with Gasteiger partial charge in [0.25, 0.3) is 0 Å². The van der Waals surface area contributed by atoms with E-state index >= 15 is 0 Å². The normalized spacial score (nSPS) is 14.2. The third-order valence-electron chi connectivity index (χ3n) is 4.84. The number of aromatic nitrogens is 4. The Hall–Kier alpha value is -3.02. The van der Waals surface area contributed by atoms with Crippen molar-refractivity contribution in [2.24, 2.45) is 0 Å². The number of hydrogen-bond acceptors (Lipinski definition) is 6. The molecule has 0 radical (unpaired) electrons. The average molecular weight is 360 g/mol. The zero-order valence-electron chi connectivity index (χ0n) is 15.3. The lowest BCUT2D eigenvalue weighted by atomic mass is 10.2. The van der Waals surface area contributed by atoms with E-state index in [9.17, 15) is 0 Å². The van der Waals surface area contributed by atoms with Gasteiger partial charge in [-0.15, -0.1) is 0 Å². The smallest absolute Gasteiger partial charge is 0.225 e. The SMILES string of the molecule is c1cncc(-c2cc(NCCc3ccncc3)nc(NC3CCCC3)n2)c1. The van der Waals surface area contributed by atoms with Crippen LogP contribution in [0.2, 0.25) is 0 Å². The Morgan fingerprint density at radius 2 is 1.81 bits per heavy atom. The largest absolute Gasteiger partial charge is 0.370 e. The monoisotopic (exact) mass is 360 g/mol. The molecule has 6 nitrogen and oxygen atoms in total. The molecule has 138 valence electrons. The van der Waals surface area contributed by atoms with Gasteiger partial charge in [0, 0.05) is 49.0 Å². The first-order valence-electron chi connectivity index (χ1n) is 9.55. The molecule has 0 aromatic carbocycles. The first-order chi connectivity index (χ1) is 13.4. The molecule has 3 aromatic heterocycles. The van der Waals surface area contributed by atoms with Gasteiger partial charge < -0.3 is 10.6 Å². The van der Waals surface area contributed by atoms with Gasteiger partial charge >= 0.3 is 0 Å². The summed E-state index contributed by atoms with van der Waals surface area (Å²) >= 11 is 0. The Balaban J connectivity index is 1.51. The Morgan fingerprint density at radius 3 is 2.59 bits per heavy atom. The standard InChI is InChI=1S/C21H24N6/c1-2-6-18(5-1)25-21-26-19(17-4-3-10-23-15-17)14-20(27-21)24-13-9-16-7-11-22-12-8-16/h3-4,7-8,10-12,14-15,18H,1-2,5-6,9,13H2,(H2,24,25,26,27). The molecule has 4 rings (SSSR count). The minimum absolute atomic E-state index is 0.471. The Kier molecular flexibility index (Phi) is 5.53. The Labute approximate surface area is 159 Å². The number of nitrogens with zero attached hydrogens (tertiary/aromatic N) is 4. The van der Waals surface area contributed by atoms with E-state index in [1.54, 1.807) is 6.20 Å². The van der Waals surface area contributed by atoms with Gasteiger partial charge in [0.2, 0.25) is 5.95 Å². The van der Waals surface area contributed by atoms with Crippen molar-refractivity contribution in [3.63, 3.8) is 0 Å². The molecule has 6 heteroatoms. The van der Waals surface area contributed by atoms with E-state index in [1.165, 1.54) is 31.2 Å². The third kappa shape index (κ3) is 4.78. The highest BCUT2D eigenvalue weighted by Crippen LogP contribution is 2.24. The van der Waals surface area contributed by atoms with Crippen LogP contribution in [-0.2, 0) is 6.42 Å². The minimum atomic E-state index is 0.471. The number of rotatable bonds is 7. The van der Waals surface area contributed by atoms with Crippen LogP contribution in [0.5, 0.6) is 0 Å². The van der Waals surface area contributed by atoms with E-state index in [0.717, 1.165) is 30.0 Å². The van der Waals surface area contributed by atoms with Gasteiger partial charge in [0.05, 0.1) is 5.69 Å². The molecule has 0 atom stereocenters. The first kappa shape index (κ1) is 17.4. The zero-order chi connectivity index (χ0) is 18.3. The van der Waals surface area contributed by atoms with E-state index in [0.29, 0.717) is 12.0 Å². The summed E-state index contributed by atoms with van der Waals surface area (Å²) in [7, 11) is 0. The van der Waals surface area contributed by atoms with Crippen LogP contribution in [-0.4, -0.2) is 32.5 Å². The molecule has 0 spiro atoms. The summed E-state index contributed by atoms with van der Waals surface area (Å²) in [5.74, 6) is 1.52. The van der Waals surface area contributed by atoms with Crippen LogP contribution in [0.25, 0.3) is 11.3 Å². The highest BCUT2D eigenvalue weighted by molar-refractivity contribution is 5.63. The van der Waals surface area contributed by atoms with Crippen LogP contribution in [0.1, 0.15) is 31.2 Å². The van der Waals surface area contributed by atoms with Crippen molar-refractivity contribution in [3.05, 3.63) is 60.7 Å². The summed E-state index contributed by atoms with van der Waals surface area (Å²) < 4.78 is 0. The van der Waals surface area contributed by atoms with Gasteiger partial charge in [-0.05, 0) is 49.1 Å². The number of nitrogens with one attached hydrogen (secondary N) is 2. The summed E-state index contributed by atoms with van der Waals surface area (Å²) in [5.41, 5.74) is 3.12. The molecule has 1 fully saturated rings. The van der Waals surface area contributed by atoms with Gasteiger partial charge in [-0.3, -0.25) is 9.97 Å². The second-order valence-electron chi connectivity index (χ2n) is 6.86. The van der Waals surface area contributed by atoms with Gasteiger partial charge in [0.15, 0.2) is 0 Å². The van der Waals surface area contributed by atoms with E-state index in [4.69, 9.17) is 4.98 Å². The molecule has 0 unspecified atom stereocenters. The molecule has 0 saturated heterocycles. The highest BCUT2D eigenvalue weighted by atomic mass is 15.2. The van der Waals surface area contributed by atoms with Crippen LogP contribution in [0.15, 0.2) is 55.1 Å². The van der Waals surface area contributed by atoms with Crippen molar-refractivity contribution in [3.8, 4) is 11.3 Å². The topological polar surface area (TPSA) is 75.6 Å². The van der Waals surface area contributed by atoms with E-state index in [-0.39, 0.29) is 0 Å². The van der Waals surface area contributed by atoms with Crippen molar-refractivity contribution in [2.45, 2.75) is 38.1 Å². The third-order valence-corrected chi connectivity index (χ3v) is 4.84. The van der Waals surface area contributed by atoms with Gasteiger partial charge in [-0.1, -0.05) is 12.8 Å². The molecule has 0 amide bonds. The lowest BCUT2D eigenvalue weighted by Gasteiger charge is -2.15. The van der Waals surface area contributed by atoms with E-state index in [1.807, 2.05) is 48.9 Å². The van der Waals surface area contributed by atoms with Crippen LogP contribution in [0.3, 0.4) is 0 Å². The van der Waals surface area contributed by atoms with Gasteiger partial charge in [-0.25, -0.2) is 4.98 Å². The zero-order valence-corrected chi connectivity index (χ0v) is 15.3. The van der Waals surface area contributed by atoms with Crippen molar-refractivity contribution in [1.82, 2.24) is 19.9 Å². The maximum atomic E-state index is 4.72. The van der Waals surface area contributed by atoms with Crippen LogP contribution < -0.4 is 10.6 Å². The summed E-state index contributed by atoms with van der Waals surface area (Å²) in [4.78, 5) is 17.7. The maximum Gasteiger partial charge on any atom is 0.225 e. The summed E-state index contributed by atoms with van der Waals surface area (Å²) in [6, 6.07) is 10.5. The number of hydrogen-bond donors (Lipinski definition) is 2. The summed E-state index contributed by atoms with van der Waals surface area (Å²) in [6.07, 6.45) is 13.1. The minimum Gasteiger partial charge on any atom is -0.370 e. The summed E-state index contributed by atoms with van der Waals surface area (Å²) in [6.45, 7) is 0.802. The lowest BCUT2D eigenvalue weighted by molar-refractivity contribution is 0.744. The van der Waals surface area contributed by atoms with E-state index in [2.05, 4.69) is 25.6 Å². The fourth-order valence-corrected chi connectivity index (χ4v) is 3.40. The molecule has 0 aliphatic heterocycles. The van der Waals surface area contributed by atoms with Crippen LogP contribution in [0.4, 0.5) is 11.8 Å². The van der Waals surface area contributed by atoms with Gasteiger partial charge in [-0.2, -0.15) is 4.98 Å². The fraction of sp³-hybridized carbons (Fsp3) is 0.333. The molecule has 1 saturated carbocycles. The van der Waals surface area contributed by atoms with Crippen molar-refractivity contribution >= 4 is 11.8 Å². The fourth-order valence-electron chi connectivity index (χ4n) is 3.40. The second kappa shape index (κ2) is 8.58. The van der Waals surface area contributed by atoms with Crippen LogP contribution in [0, 0.1) is 0 Å². The maximum absolute atomic E-state index is 4.72. The molecular weight excluding hydrogens is 336 g/mol. The van der Waals surface area contributed by atoms with Crippen molar-refractivity contribution in [1.29, 1.82) is 0 Å². The predicted octanol–water partition coefficient (Wildman–Crippen LogP) is 3.94. The number of pyridine rings is 2. The quantitative estimate of drug-likeness (QED) is 0.665. The molecule has 3 heterocycles. The lowest BCUT2D eigenvalue weighted by Crippen LogP contribution is -2.17. The molecule has 3 aromatic rings.